The lowest BCUT2D eigenvalue weighted by Crippen LogP contribution is -2.48. The molecule has 3 heteroatoms. The number of amides is 1. The van der Waals surface area contributed by atoms with Crippen molar-refractivity contribution < 1.29 is 4.79 Å². The fraction of sp³-hybridized carbons (Fsp3) is 0.364. The van der Waals surface area contributed by atoms with E-state index in [0.29, 0.717) is 0 Å². The third-order valence-corrected chi connectivity index (χ3v) is 2.56. The van der Waals surface area contributed by atoms with Crippen molar-refractivity contribution in [3.8, 4) is 0 Å². The van der Waals surface area contributed by atoms with Crippen molar-refractivity contribution >= 4 is 11.6 Å². The fourth-order valence-electron chi connectivity index (χ4n) is 1.42. The molecule has 0 unspecified atom stereocenters. The lowest BCUT2D eigenvalue weighted by atomic mass is 10.0. The number of aryl methyl sites for hydroxylation is 1. The molecule has 2 rings (SSSR count). The summed E-state index contributed by atoms with van der Waals surface area (Å²) < 4.78 is 0. The van der Waals surface area contributed by atoms with Crippen LogP contribution in [0, 0.1) is 12.8 Å². The molecule has 1 heterocycles. The van der Waals surface area contributed by atoms with E-state index in [4.69, 9.17) is 0 Å². The number of anilines is 1. The molecule has 1 aromatic rings. The Kier molecular flexibility index (Phi) is 2.50. The summed E-state index contributed by atoms with van der Waals surface area (Å²) in [6.45, 7) is 3.60. The molecular formula is C11H14N2O. The van der Waals surface area contributed by atoms with Crippen molar-refractivity contribution in [1.82, 2.24) is 5.32 Å². The molecule has 3 nitrogen and oxygen atoms in total. The number of benzene rings is 1. The van der Waals surface area contributed by atoms with E-state index >= 15 is 0 Å². The van der Waals surface area contributed by atoms with Crippen molar-refractivity contribution in [2.45, 2.75) is 6.92 Å². The fourth-order valence-corrected chi connectivity index (χ4v) is 1.42. The van der Waals surface area contributed by atoms with E-state index < -0.39 is 0 Å². The minimum atomic E-state index is 0.123. The Balaban J connectivity index is 2.03. The maximum Gasteiger partial charge on any atom is 0.230 e. The molecule has 74 valence electrons. The zero-order valence-electron chi connectivity index (χ0n) is 8.21. The quantitative estimate of drug-likeness (QED) is 0.734. The van der Waals surface area contributed by atoms with Gasteiger partial charge in [0.1, 0.15) is 0 Å². The molecule has 0 spiro atoms. The lowest BCUT2D eigenvalue weighted by Gasteiger charge is -2.26. The van der Waals surface area contributed by atoms with Crippen molar-refractivity contribution in [3.63, 3.8) is 0 Å². The highest BCUT2D eigenvalue weighted by molar-refractivity contribution is 5.94. The molecule has 0 atom stereocenters. The van der Waals surface area contributed by atoms with Crippen LogP contribution in [0.1, 0.15) is 5.56 Å². The Hall–Kier alpha value is -1.35. The maximum atomic E-state index is 11.6. The summed E-state index contributed by atoms with van der Waals surface area (Å²) in [5.74, 6) is 0.271. The largest absolute Gasteiger partial charge is 0.326 e. The Bertz CT molecular complexity index is 345. The second kappa shape index (κ2) is 3.80. The molecule has 0 radical (unpaired) electrons. The van der Waals surface area contributed by atoms with Gasteiger partial charge in [0.2, 0.25) is 5.91 Å². The first-order valence-electron chi connectivity index (χ1n) is 4.84. The van der Waals surface area contributed by atoms with E-state index in [9.17, 15) is 4.79 Å². The van der Waals surface area contributed by atoms with Gasteiger partial charge in [-0.1, -0.05) is 18.2 Å². The van der Waals surface area contributed by atoms with Crippen LogP contribution in [0.3, 0.4) is 0 Å². The highest BCUT2D eigenvalue weighted by Gasteiger charge is 2.24. The molecule has 2 N–H and O–H groups in total. The summed E-state index contributed by atoms with van der Waals surface area (Å²) >= 11 is 0. The van der Waals surface area contributed by atoms with E-state index in [1.54, 1.807) is 0 Å². The molecule has 1 aliphatic rings. The van der Waals surface area contributed by atoms with Crippen LogP contribution in [0.5, 0.6) is 0 Å². The van der Waals surface area contributed by atoms with Gasteiger partial charge in [-0.3, -0.25) is 4.79 Å². The lowest BCUT2D eigenvalue weighted by molar-refractivity contribution is -0.121. The van der Waals surface area contributed by atoms with E-state index in [0.717, 1.165) is 24.3 Å². The Morgan fingerprint density at radius 1 is 1.43 bits per heavy atom. The first-order valence-corrected chi connectivity index (χ1v) is 4.84. The van der Waals surface area contributed by atoms with Gasteiger partial charge in [-0.15, -0.1) is 0 Å². The Labute approximate surface area is 83.5 Å². The normalized spacial score (nSPS) is 16.1. The van der Waals surface area contributed by atoms with Crippen LogP contribution in [0.2, 0.25) is 0 Å². The number of hydrogen-bond donors (Lipinski definition) is 2. The predicted octanol–water partition coefficient (Wildman–Crippen LogP) is 1.15. The second-order valence-electron chi connectivity index (χ2n) is 3.66. The number of nitrogens with one attached hydrogen (secondary N) is 2. The maximum absolute atomic E-state index is 11.6. The standard InChI is InChI=1S/C11H14N2O/c1-8-4-2-3-5-10(8)13-11(14)9-6-12-7-9/h2-5,9,12H,6-7H2,1H3,(H,13,14). The summed E-state index contributed by atoms with van der Waals surface area (Å²) in [5, 5.41) is 6.01. The van der Waals surface area contributed by atoms with Gasteiger partial charge in [0, 0.05) is 18.8 Å². The van der Waals surface area contributed by atoms with Gasteiger partial charge in [0.05, 0.1) is 5.92 Å². The summed E-state index contributed by atoms with van der Waals surface area (Å²) in [5.41, 5.74) is 2.03. The third kappa shape index (κ3) is 1.77. The summed E-state index contributed by atoms with van der Waals surface area (Å²) in [6.07, 6.45) is 0. The van der Waals surface area contributed by atoms with Gasteiger partial charge in [0.15, 0.2) is 0 Å². The Morgan fingerprint density at radius 2 is 2.14 bits per heavy atom. The molecular weight excluding hydrogens is 176 g/mol. The predicted molar refractivity (Wildman–Crippen MR) is 56.2 cm³/mol. The number of carbonyl (C=O) groups excluding carboxylic acids is 1. The van der Waals surface area contributed by atoms with E-state index in [2.05, 4.69) is 10.6 Å². The van der Waals surface area contributed by atoms with E-state index in [-0.39, 0.29) is 11.8 Å². The van der Waals surface area contributed by atoms with Crippen LogP contribution in [0.15, 0.2) is 24.3 Å². The molecule has 1 amide bonds. The second-order valence-corrected chi connectivity index (χ2v) is 3.66. The van der Waals surface area contributed by atoms with Gasteiger partial charge in [0.25, 0.3) is 0 Å². The van der Waals surface area contributed by atoms with Crippen LogP contribution >= 0.6 is 0 Å². The average molecular weight is 190 g/mol. The van der Waals surface area contributed by atoms with Crippen molar-refractivity contribution in [2.24, 2.45) is 5.92 Å². The van der Waals surface area contributed by atoms with Crippen LogP contribution in [0.25, 0.3) is 0 Å². The van der Waals surface area contributed by atoms with Gasteiger partial charge in [-0.05, 0) is 18.6 Å². The summed E-state index contributed by atoms with van der Waals surface area (Å²) in [4.78, 5) is 11.6. The molecule has 1 saturated heterocycles. The van der Waals surface area contributed by atoms with Crippen LogP contribution in [0.4, 0.5) is 5.69 Å². The van der Waals surface area contributed by atoms with Crippen LogP contribution < -0.4 is 10.6 Å². The van der Waals surface area contributed by atoms with E-state index in [1.807, 2.05) is 31.2 Å². The highest BCUT2D eigenvalue weighted by atomic mass is 16.2. The molecule has 1 aromatic carbocycles. The van der Waals surface area contributed by atoms with Gasteiger partial charge in [-0.2, -0.15) is 0 Å². The zero-order chi connectivity index (χ0) is 9.97. The Morgan fingerprint density at radius 3 is 2.71 bits per heavy atom. The van der Waals surface area contributed by atoms with Crippen LogP contribution in [-0.4, -0.2) is 19.0 Å². The molecule has 0 saturated carbocycles. The topological polar surface area (TPSA) is 41.1 Å². The van der Waals surface area contributed by atoms with Crippen molar-refractivity contribution in [2.75, 3.05) is 18.4 Å². The minimum Gasteiger partial charge on any atom is -0.326 e. The van der Waals surface area contributed by atoms with Crippen molar-refractivity contribution in [3.05, 3.63) is 29.8 Å². The van der Waals surface area contributed by atoms with E-state index in [1.165, 1.54) is 0 Å². The molecule has 0 bridgehead atoms. The first kappa shape index (κ1) is 9.21. The molecule has 0 aliphatic carbocycles. The summed E-state index contributed by atoms with van der Waals surface area (Å²) in [6, 6.07) is 7.82. The highest BCUT2D eigenvalue weighted by Crippen LogP contribution is 2.15. The smallest absolute Gasteiger partial charge is 0.230 e. The number of para-hydroxylation sites is 1. The monoisotopic (exact) mass is 190 g/mol. The average Bonchev–Trinajstić information content (AvgIpc) is 2.05. The van der Waals surface area contributed by atoms with Crippen LogP contribution in [-0.2, 0) is 4.79 Å². The van der Waals surface area contributed by atoms with Gasteiger partial charge >= 0.3 is 0 Å². The zero-order valence-corrected chi connectivity index (χ0v) is 8.21. The molecule has 1 fully saturated rings. The minimum absolute atomic E-state index is 0.123. The third-order valence-electron chi connectivity index (χ3n) is 2.56. The molecule has 0 aromatic heterocycles. The number of hydrogen-bond acceptors (Lipinski definition) is 2. The van der Waals surface area contributed by atoms with Crippen molar-refractivity contribution in [1.29, 1.82) is 0 Å². The first-order chi connectivity index (χ1) is 6.77. The molecule has 14 heavy (non-hydrogen) atoms. The number of rotatable bonds is 2. The molecule has 1 aliphatic heterocycles. The number of carbonyl (C=O) groups is 1. The summed E-state index contributed by atoms with van der Waals surface area (Å²) in [7, 11) is 0. The van der Waals surface area contributed by atoms with Gasteiger partial charge in [-0.25, -0.2) is 0 Å². The SMILES string of the molecule is Cc1ccccc1NC(=O)C1CNC1. The van der Waals surface area contributed by atoms with Gasteiger partial charge < -0.3 is 10.6 Å².